The zero-order chi connectivity index (χ0) is 20.3. The summed E-state index contributed by atoms with van der Waals surface area (Å²) >= 11 is 1.17. The van der Waals surface area contributed by atoms with E-state index in [1.54, 1.807) is 38.6 Å². The van der Waals surface area contributed by atoms with Gasteiger partial charge in [0.1, 0.15) is 5.75 Å². The molecule has 0 fully saturated rings. The van der Waals surface area contributed by atoms with E-state index in [-0.39, 0.29) is 16.4 Å². The molecule has 0 saturated heterocycles. The molecule has 0 unspecified atom stereocenters. The first-order valence-corrected chi connectivity index (χ1v) is 9.79. The van der Waals surface area contributed by atoms with Crippen LogP contribution in [0, 0.1) is 13.8 Å². The Morgan fingerprint density at radius 1 is 1.14 bits per heavy atom. The van der Waals surface area contributed by atoms with E-state index in [9.17, 15) is 9.59 Å². The zero-order valence-corrected chi connectivity index (χ0v) is 17.1. The van der Waals surface area contributed by atoms with Crippen LogP contribution in [-0.4, -0.2) is 27.7 Å². The quantitative estimate of drug-likeness (QED) is 0.463. The molecular weight excluding hydrogens is 372 g/mol. The van der Waals surface area contributed by atoms with Crippen molar-refractivity contribution >= 4 is 17.5 Å². The fraction of sp³-hybridized carbons (Fsp3) is 0.227. The van der Waals surface area contributed by atoms with Crippen molar-refractivity contribution in [1.29, 1.82) is 0 Å². The van der Waals surface area contributed by atoms with Crippen LogP contribution in [0.15, 0.2) is 64.7 Å². The highest BCUT2D eigenvalue weighted by atomic mass is 32.2. The Labute approximate surface area is 168 Å². The molecular formula is C22H22N2O3S. The van der Waals surface area contributed by atoms with E-state index in [1.807, 2.05) is 44.2 Å². The van der Waals surface area contributed by atoms with Crippen LogP contribution in [0.5, 0.6) is 5.75 Å². The standard InChI is InChI=1S/C22H22N2O3S/c1-14-9-10-17(13-15(14)2)20(25)16(3)28-21-22(26)24(12-11-23-21)18-7-5-6-8-19(18)27-4/h5-13,16H,1-4H3/t16-/m0/s1. The lowest BCUT2D eigenvalue weighted by Gasteiger charge is -2.13. The second kappa shape index (κ2) is 8.44. The molecule has 144 valence electrons. The van der Waals surface area contributed by atoms with Crippen LogP contribution in [0.2, 0.25) is 0 Å². The van der Waals surface area contributed by atoms with E-state index in [4.69, 9.17) is 4.74 Å². The summed E-state index contributed by atoms with van der Waals surface area (Å²) in [6.07, 6.45) is 3.16. The number of rotatable bonds is 6. The Morgan fingerprint density at radius 2 is 1.89 bits per heavy atom. The lowest BCUT2D eigenvalue weighted by Crippen LogP contribution is -2.23. The van der Waals surface area contributed by atoms with Crippen molar-refractivity contribution in [1.82, 2.24) is 9.55 Å². The van der Waals surface area contributed by atoms with E-state index >= 15 is 0 Å². The molecule has 5 nitrogen and oxygen atoms in total. The van der Waals surface area contributed by atoms with Gasteiger partial charge in [-0.1, -0.05) is 36.0 Å². The predicted octanol–water partition coefficient (Wildman–Crippen LogP) is 4.22. The largest absolute Gasteiger partial charge is 0.495 e. The van der Waals surface area contributed by atoms with Gasteiger partial charge in [-0.2, -0.15) is 0 Å². The molecule has 28 heavy (non-hydrogen) atoms. The van der Waals surface area contributed by atoms with Gasteiger partial charge in [0, 0.05) is 18.0 Å². The first-order chi connectivity index (χ1) is 13.4. The van der Waals surface area contributed by atoms with E-state index < -0.39 is 5.25 Å². The summed E-state index contributed by atoms with van der Waals surface area (Å²) in [7, 11) is 1.56. The van der Waals surface area contributed by atoms with Gasteiger partial charge >= 0.3 is 0 Å². The minimum absolute atomic E-state index is 0.0259. The maximum absolute atomic E-state index is 12.9. The van der Waals surface area contributed by atoms with Crippen LogP contribution in [0.25, 0.3) is 5.69 Å². The van der Waals surface area contributed by atoms with Crippen molar-refractivity contribution in [3.05, 3.63) is 81.9 Å². The number of ether oxygens (including phenoxy) is 1. The average Bonchev–Trinajstić information content (AvgIpc) is 2.71. The van der Waals surface area contributed by atoms with Gasteiger partial charge in [0.25, 0.3) is 5.56 Å². The second-order valence-corrected chi connectivity index (χ2v) is 7.83. The van der Waals surface area contributed by atoms with Gasteiger partial charge in [-0.25, -0.2) is 4.98 Å². The summed E-state index contributed by atoms with van der Waals surface area (Å²) in [5.41, 5.74) is 3.20. The molecule has 0 saturated carbocycles. The lowest BCUT2D eigenvalue weighted by atomic mass is 10.0. The SMILES string of the molecule is COc1ccccc1-n1ccnc(S[C@@H](C)C(=O)c2ccc(C)c(C)c2)c1=O. The molecule has 0 radical (unpaired) electrons. The number of carbonyl (C=O) groups is 1. The zero-order valence-electron chi connectivity index (χ0n) is 16.3. The van der Waals surface area contributed by atoms with Crippen LogP contribution < -0.4 is 10.3 Å². The lowest BCUT2D eigenvalue weighted by molar-refractivity contribution is 0.0994. The molecule has 1 heterocycles. The van der Waals surface area contributed by atoms with Crippen LogP contribution in [0.3, 0.4) is 0 Å². The number of hydrogen-bond acceptors (Lipinski definition) is 5. The summed E-state index contributed by atoms with van der Waals surface area (Å²) < 4.78 is 6.84. The van der Waals surface area contributed by atoms with Gasteiger partial charge in [-0.05, 0) is 50.1 Å². The molecule has 1 atom stereocenters. The topological polar surface area (TPSA) is 61.2 Å². The van der Waals surface area contributed by atoms with Crippen molar-refractivity contribution < 1.29 is 9.53 Å². The van der Waals surface area contributed by atoms with Gasteiger partial charge < -0.3 is 4.74 Å². The van der Waals surface area contributed by atoms with Crippen LogP contribution >= 0.6 is 11.8 Å². The van der Waals surface area contributed by atoms with Crippen molar-refractivity contribution in [2.75, 3.05) is 7.11 Å². The number of aryl methyl sites for hydroxylation is 2. The molecule has 2 aromatic carbocycles. The minimum Gasteiger partial charge on any atom is -0.495 e. The number of aromatic nitrogens is 2. The third-order valence-electron chi connectivity index (χ3n) is 4.60. The summed E-state index contributed by atoms with van der Waals surface area (Å²) in [5.74, 6) is 0.563. The highest BCUT2D eigenvalue weighted by Crippen LogP contribution is 2.24. The Morgan fingerprint density at radius 3 is 2.61 bits per heavy atom. The molecule has 0 spiro atoms. The molecule has 0 bridgehead atoms. The number of para-hydroxylation sites is 2. The second-order valence-electron chi connectivity index (χ2n) is 6.50. The Bertz CT molecular complexity index is 1080. The van der Waals surface area contributed by atoms with Crippen LogP contribution in [0.1, 0.15) is 28.4 Å². The van der Waals surface area contributed by atoms with Crippen LogP contribution in [0.4, 0.5) is 0 Å². The fourth-order valence-electron chi connectivity index (χ4n) is 2.84. The van der Waals surface area contributed by atoms with Gasteiger partial charge in [0.15, 0.2) is 10.8 Å². The molecule has 1 aromatic heterocycles. The van der Waals surface area contributed by atoms with Crippen molar-refractivity contribution in [3.8, 4) is 11.4 Å². The van der Waals surface area contributed by atoms with Crippen molar-refractivity contribution in [2.45, 2.75) is 31.0 Å². The summed E-state index contributed by atoms with van der Waals surface area (Å²) in [6, 6.07) is 12.9. The van der Waals surface area contributed by atoms with E-state index in [0.717, 1.165) is 11.1 Å². The number of nitrogens with zero attached hydrogens (tertiary/aromatic N) is 2. The van der Waals surface area contributed by atoms with Gasteiger partial charge in [-0.3, -0.25) is 14.2 Å². The van der Waals surface area contributed by atoms with Crippen LogP contribution in [-0.2, 0) is 0 Å². The Balaban J connectivity index is 1.89. The van der Waals surface area contributed by atoms with Crippen molar-refractivity contribution in [3.63, 3.8) is 0 Å². The number of benzene rings is 2. The average molecular weight is 394 g/mol. The van der Waals surface area contributed by atoms with E-state index in [2.05, 4.69) is 4.98 Å². The molecule has 0 amide bonds. The Kier molecular flexibility index (Phi) is 5.99. The normalized spacial score (nSPS) is 11.9. The molecule has 6 heteroatoms. The highest BCUT2D eigenvalue weighted by molar-refractivity contribution is 8.00. The third-order valence-corrected chi connectivity index (χ3v) is 5.67. The number of Topliss-reactive ketones (excluding diaryl/α,β-unsaturated/α-hetero) is 1. The Hall–Kier alpha value is -2.86. The smallest absolute Gasteiger partial charge is 0.287 e. The molecule has 0 aliphatic heterocycles. The molecule has 0 N–H and O–H groups in total. The molecule has 3 aromatic rings. The number of methoxy groups -OCH3 is 1. The maximum atomic E-state index is 12.9. The summed E-state index contributed by atoms with van der Waals surface area (Å²) in [6.45, 7) is 5.79. The fourth-order valence-corrected chi connectivity index (χ4v) is 3.74. The maximum Gasteiger partial charge on any atom is 0.287 e. The number of ketones is 1. The van der Waals surface area contributed by atoms with E-state index in [1.165, 1.54) is 16.3 Å². The third kappa shape index (κ3) is 4.02. The molecule has 0 aliphatic carbocycles. The number of carbonyl (C=O) groups excluding carboxylic acids is 1. The van der Waals surface area contributed by atoms with Gasteiger partial charge in [0.05, 0.1) is 18.0 Å². The monoisotopic (exact) mass is 394 g/mol. The van der Waals surface area contributed by atoms with Crippen molar-refractivity contribution in [2.24, 2.45) is 0 Å². The minimum atomic E-state index is -0.434. The first kappa shape index (κ1) is 19.9. The highest BCUT2D eigenvalue weighted by Gasteiger charge is 2.20. The first-order valence-electron chi connectivity index (χ1n) is 8.91. The predicted molar refractivity (Wildman–Crippen MR) is 112 cm³/mol. The number of hydrogen-bond donors (Lipinski definition) is 0. The number of thioether (sulfide) groups is 1. The van der Waals surface area contributed by atoms with Gasteiger partial charge in [0.2, 0.25) is 0 Å². The molecule has 3 rings (SSSR count). The molecule has 0 aliphatic rings. The van der Waals surface area contributed by atoms with Gasteiger partial charge in [-0.15, -0.1) is 0 Å². The summed E-state index contributed by atoms with van der Waals surface area (Å²) in [5, 5.41) is -0.158. The summed E-state index contributed by atoms with van der Waals surface area (Å²) in [4.78, 5) is 29.9. The van der Waals surface area contributed by atoms with E-state index in [0.29, 0.717) is 17.0 Å².